The first-order chi connectivity index (χ1) is 14.6. The predicted molar refractivity (Wildman–Crippen MR) is 125 cm³/mol. The topological polar surface area (TPSA) is 78.5 Å². The Hall–Kier alpha value is -2.38. The number of piperidine rings is 1. The first kappa shape index (κ1) is 23.3. The van der Waals surface area contributed by atoms with E-state index < -0.39 is 10.0 Å². The van der Waals surface area contributed by atoms with E-state index in [9.17, 15) is 13.2 Å². The van der Waals surface area contributed by atoms with Crippen LogP contribution in [0.2, 0.25) is 0 Å². The maximum absolute atomic E-state index is 13.0. The van der Waals surface area contributed by atoms with Crippen LogP contribution in [-0.2, 0) is 10.0 Å². The van der Waals surface area contributed by atoms with Crippen molar-refractivity contribution in [2.24, 2.45) is 5.92 Å². The van der Waals surface area contributed by atoms with Gasteiger partial charge in [0.25, 0.3) is 15.9 Å². The van der Waals surface area contributed by atoms with Gasteiger partial charge in [-0.1, -0.05) is 12.1 Å². The Morgan fingerprint density at radius 2 is 1.68 bits per heavy atom. The van der Waals surface area contributed by atoms with Gasteiger partial charge in [-0.25, -0.2) is 8.42 Å². The first-order valence-corrected chi connectivity index (χ1v) is 12.3. The third kappa shape index (κ3) is 6.31. The van der Waals surface area contributed by atoms with Crippen molar-refractivity contribution in [2.45, 2.75) is 44.9 Å². The summed E-state index contributed by atoms with van der Waals surface area (Å²) in [6, 6.07) is 10.4. The molecule has 0 saturated carbocycles. The molecule has 1 amide bonds. The molecule has 1 aliphatic rings. The van der Waals surface area contributed by atoms with Crippen molar-refractivity contribution in [3.63, 3.8) is 0 Å². The van der Waals surface area contributed by atoms with Crippen LogP contribution in [0.1, 0.15) is 46.3 Å². The van der Waals surface area contributed by atoms with Gasteiger partial charge in [0.05, 0.1) is 4.90 Å². The number of benzene rings is 2. The molecular weight excluding hydrogens is 410 g/mol. The molecule has 3 rings (SSSR count). The van der Waals surface area contributed by atoms with Crippen LogP contribution in [0.15, 0.2) is 41.3 Å². The number of amides is 1. The lowest BCUT2D eigenvalue weighted by Crippen LogP contribution is -2.32. The number of likely N-dealkylation sites (tertiary alicyclic amines) is 1. The molecule has 168 valence electrons. The molecule has 0 radical (unpaired) electrons. The molecule has 0 spiro atoms. The summed E-state index contributed by atoms with van der Waals surface area (Å²) >= 11 is 0. The fraction of sp³-hybridized carbons (Fsp3) is 0.458. The second kappa shape index (κ2) is 9.83. The van der Waals surface area contributed by atoms with Gasteiger partial charge in [-0.3, -0.25) is 9.52 Å². The zero-order chi connectivity index (χ0) is 22.6. The number of hydrogen-bond acceptors (Lipinski definition) is 4. The Bertz CT molecular complexity index is 1020. The molecule has 1 heterocycles. The van der Waals surface area contributed by atoms with Crippen LogP contribution in [0.25, 0.3) is 0 Å². The van der Waals surface area contributed by atoms with Crippen LogP contribution in [-0.4, -0.2) is 45.9 Å². The van der Waals surface area contributed by atoms with Gasteiger partial charge in [-0.05, 0) is 107 Å². The van der Waals surface area contributed by atoms with Gasteiger partial charge in [0, 0.05) is 17.8 Å². The highest BCUT2D eigenvalue weighted by molar-refractivity contribution is 7.92. The molecule has 1 fully saturated rings. The van der Waals surface area contributed by atoms with E-state index in [0.717, 1.165) is 43.5 Å². The predicted octanol–water partition coefficient (Wildman–Crippen LogP) is 3.87. The minimum Gasteiger partial charge on any atom is -0.352 e. The summed E-state index contributed by atoms with van der Waals surface area (Å²) < 4.78 is 28.7. The fourth-order valence-corrected chi connectivity index (χ4v) is 5.43. The van der Waals surface area contributed by atoms with Crippen molar-refractivity contribution in [1.29, 1.82) is 0 Å². The molecule has 0 aromatic heterocycles. The number of nitrogens with one attached hydrogen (secondary N) is 2. The van der Waals surface area contributed by atoms with Crippen molar-refractivity contribution in [1.82, 2.24) is 10.2 Å². The number of anilines is 1. The standard InChI is InChI=1S/C24H33N3O3S/c1-17-13-18(2)15-22(14-17)26-31(29,30)23-16-21(6-5-19(23)3)24(28)25-10-7-20-8-11-27(4)12-9-20/h5-6,13-16,20,26H,7-12H2,1-4H3,(H,25,28). The number of hydrogen-bond donors (Lipinski definition) is 2. The molecule has 1 saturated heterocycles. The molecule has 0 bridgehead atoms. The number of carbonyl (C=O) groups is 1. The lowest BCUT2D eigenvalue weighted by molar-refractivity contribution is 0.0948. The average molecular weight is 444 g/mol. The van der Waals surface area contributed by atoms with Crippen LogP contribution in [0.3, 0.4) is 0 Å². The van der Waals surface area contributed by atoms with Gasteiger partial charge in [-0.15, -0.1) is 0 Å². The Morgan fingerprint density at radius 1 is 1.03 bits per heavy atom. The van der Waals surface area contributed by atoms with E-state index in [1.54, 1.807) is 31.2 Å². The largest absolute Gasteiger partial charge is 0.352 e. The van der Waals surface area contributed by atoms with Crippen LogP contribution >= 0.6 is 0 Å². The zero-order valence-corrected chi connectivity index (χ0v) is 19.7. The Balaban J connectivity index is 1.67. The molecule has 0 aliphatic carbocycles. The average Bonchev–Trinajstić information content (AvgIpc) is 2.68. The third-order valence-electron chi connectivity index (χ3n) is 5.89. The highest BCUT2D eigenvalue weighted by atomic mass is 32.2. The molecule has 7 heteroatoms. The normalized spacial score (nSPS) is 15.6. The Labute approximate surface area is 186 Å². The van der Waals surface area contributed by atoms with Crippen LogP contribution in [0.4, 0.5) is 5.69 Å². The smallest absolute Gasteiger partial charge is 0.262 e. The van der Waals surface area contributed by atoms with Gasteiger partial charge in [0.1, 0.15) is 0 Å². The highest BCUT2D eigenvalue weighted by Gasteiger charge is 2.20. The number of sulfonamides is 1. The molecule has 1 aliphatic heterocycles. The zero-order valence-electron chi connectivity index (χ0n) is 18.9. The molecule has 0 unspecified atom stereocenters. The molecular formula is C24H33N3O3S. The Morgan fingerprint density at radius 3 is 2.32 bits per heavy atom. The summed E-state index contributed by atoms with van der Waals surface area (Å²) in [4.78, 5) is 15.1. The summed E-state index contributed by atoms with van der Waals surface area (Å²) in [5.74, 6) is 0.392. The van der Waals surface area contributed by atoms with Crippen LogP contribution < -0.4 is 10.0 Å². The van der Waals surface area contributed by atoms with Crippen LogP contribution in [0, 0.1) is 26.7 Å². The van der Waals surface area contributed by atoms with Crippen molar-refractivity contribution in [3.05, 3.63) is 58.7 Å². The monoisotopic (exact) mass is 443 g/mol. The number of nitrogens with zero attached hydrogens (tertiary/aromatic N) is 1. The van der Waals surface area contributed by atoms with Gasteiger partial charge in [0.15, 0.2) is 0 Å². The lowest BCUT2D eigenvalue weighted by Gasteiger charge is -2.28. The quantitative estimate of drug-likeness (QED) is 0.681. The van der Waals surface area contributed by atoms with E-state index in [1.165, 1.54) is 6.07 Å². The van der Waals surface area contributed by atoms with E-state index in [1.807, 2.05) is 19.9 Å². The van der Waals surface area contributed by atoms with E-state index in [2.05, 4.69) is 22.0 Å². The minimum atomic E-state index is -3.81. The van der Waals surface area contributed by atoms with Gasteiger partial charge < -0.3 is 10.2 Å². The number of rotatable bonds is 7. The van der Waals surface area contributed by atoms with E-state index in [-0.39, 0.29) is 10.8 Å². The minimum absolute atomic E-state index is 0.120. The first-order valence-electron chi connectivity index (χ1n) is 10.8. The summed E-state index contributed by atoms with van der Waals surface area (Å²) in [7, 11) is -1.68. The molecule has 6 nitrogen and oxygen atoms in total. The van der Waals surface area contributed by atoms with E-state index in [0.29, 0.717) is 29.3 Å². The van der Waals surface area contributed by atoms with Crippen molar-refractivity contribution < 1.29 is 13.2 Å². The molecule has 31 heavy (non-hydrogen) atoms. The highest BCUT2D eigenvalue weighted by Crippen LogP contribution is 2.23. The molecule has 2 aromatic carbocycles. The number of aryl methyl sites for hydroxylation is 3. The molecule has 2 aromatic rings. The summed E-state index contributed by atoms with van der Waals surface area (Å²) in [6.07, 6.45) is 3.26. The molecule has 0 atom stereocenters. The summed E-state index contributed by atoms with van der Waals surface area (Å²) in [5, 5.41) is 2.95. The maximum Gasteiger partial charge on any atom is 0.262 e. The van der Waals surface area contributed by atoms with Crippen molar-refractivity contribution in [3.8, 4) is 0 Å². The van der Waals surface area contributed by atoms with E-state index >= 15 is 0 Å². The van der Waals surface area contributed by atoms with Crippen molar-refractivity contribution >= 4 is 21.6 Å². The lowest BCUT2D eigenvalue weighted by atomic mass is 9.94. The Kier molecular flexibility index (Phi) is 7.38. The summed E-state index contributed by atoms with van der Waals surface area (Å²) in [5.41, 5.74) is 3.43. The third-order valence-corrected chi connectivity index (χ3v) is 7.41. The number of carbonyl (C=O) groups excluding carboxylic acids is 1. The maximum atomic E-state index is 13.0. The molecule has 2 N–H and O–H groups in total. The van der Waals surface area contributed by atoms with E-state index in [4.69, 9.17) is 0 Å². The van der Waals surface area contributed by atoms with Crippen LogP contribution in [0.5, 0.6) is 0 Å². The fourth-order valence-electron chi connectivity index (χ4n) is 4.12. The second-order valence-electron chi connectivity index (χ2n) is 8.75. The second-order valence-corrected chi connectivity index (χ2v) is 10.4. The van der Waals surface area contributed by atoms with Gasteiger partial charge in [-0.2, -0.15) is 0 Å². The SMILES string of the molecule is Cc1cc(C)cc(NS(=O)(=O)c2cc(C(=O)NCCC3CCN(C)CC3)ccc2C)c1. The summed E-state index contributed by atoms with van der Waals surface area (Å²) in [6.45, 7) is 8.39. The van der Waals surface area contributed by atoms with Gasteiger partial charge >= 0.3 is 0 Å². The van der Waals surface area contributed by atoms with Gasteiger partial charge in [0.2, 0.25) is 0 Å². The van der Waals surface area contributed by atoms with Crippen molar-refractivity contribution in [2.75, 3.05) is 31.4 Å².